The van der Waals surface area contributed by atoms with Gasteiger partial charge in [-0.1, -0.05) is 12.1 Å². The third kappa shape index (κ3) is 4.89. The van der Waals surface area contributed by atoms with Crippen molar-refractivity contribution in [1.29, 1.82) is 0 Å². The summed E-state index contributed by atoms with van der Waals surface area (Å²) >= 11 is 1.62. The van der Waals surface area contributed by atoms with Crippen molar-refractivity contribution in [2.45, 2.75) is 50.5 Å². The van der Waals surface area contributed by atoms with Crippen molar-refractivity contribution in [2.24, 2.45) is 5.92 Å². The number of rotatable bonds is 6. The predicted molar refractivity (Wildman–Crippen MR) is 100 cm³/mol. The van der Waals surface area contributed by atoms with Gasteiger partial charge in [0.2, 0.25) is 0 Å². The number of nitrogens with zero attached hydrogens (tertiary/aromatic N) is 2. The number of halogens is 3. The maximum Gasteiger partial charge on any atom is 0.416 e. The Morgan fingerprint density at radius 2 is 1.96 bits per heavy atom. The van der Waals surface area contributed by atoms with Gasteiger partial charge in [0, 0.05) is 37.1 Å². The fourth-order valence-electron chi connectivity index (χ4n) is 3.90. The highest BCUT2D eigenvalue weighted by molar-refractivity contribution is 7.07. The minimum absolute atomic E-state index is 0.0300. The summed E-state index contributed by atoms with van der Waals surface area (Å²) in [5.74, 6) is 0.460. The van der Waals surface area contributed by atoms with Crippen molar-refractivity contribution in [3.05, 3.63) is 52.0 Å². The van der Waals surface area contributed by atoms with Crippen molar-refractivity contribution in [1.82, 2.24) is 15.2 Å². The second kappa shape index (κ2) is 7.89. The lowest BCUT2D eigenvalue weighted by molar-refractivity contribution is -0.137. The summed E-state index contributed by atoms with van der Waals surface area (Å²) < 4.78 is 39.2. The third-order valence-electron chi connectivity index (χ3n) is 5.54. The van der Waals surface area contributed by atoms with Crippen molar-refractivity contribution in [3.8, 4) is 0 Å². The number of piperidine rings is 1. The molecule has 2 fully saturated rings. The summed E-state index contributed by atoms with van der Waals surface area (Å²) in [5.41, 5.74) is 3.20. The van der Waals surface area contributed by atoms with E-state index >= 15 is 0 Å². The number of nitrogens with one attached hydrogen (secondary N) is 1. The van der Waals surface area contributed by atoms with E-state index in [0.717, 1.165) is 62.6 Å². The Morgan fingerprint density at radius 3 is 2.59 bits per heavy atom. The Hall–Kier alpha value is -1.44. The molecule has 1 aromatic heterocycles. The number of hydrogen-bond acceptors (Lipinski definition) is 4. The van der Waals surface area contributed by atoms with E-state index in [2.05, 4.69) is 20.6 Å². The van der Waals surface area contributed by atoms with Gasteiger partial charge in [0.15, 0.2) is 0 Å². The molecule has 2 aliphatic rings. The quantitative estimate of drug-likeness (QED) is 0.757. The van der Waals surface area contributed by atoms with Crippen LogP contribution in [0.4, 0.5) is 13.2 Å². The molecule has 0 bridgehead atoms. The Morgan fingerprint density at radius 1 is 1.19 bits per heavy atom. The van der Waals surface area contributed by atoms with Crippen LogP contribution in [-0.2, 0) is 12.7 Å². The number of aromatic nitrogens is 1. The molecule has 7 heteroatoms. The van der Waals surface area contributed by atoms with Crippen LogP contribution in [0.2, 0.25) is 0 Å². The molecule has 27 heavy (non-hydrogen) atoms. The van der Waals surface area contributed by atoms with E-state index in [4.69, 9.17) is 0 Å². The van der Waals surface area contributed by atoms with Crippen LogP contribution >= 0.6 is 11.3 Å². The lowest BCUT2D eigenvalue weighted by Crippen LogP contribution is -2.43. The highest BCUT2D eigenvalue weighted by Crippen LogP contribution is 2.42. The molecular weight excluding hydrogens is 371 g/mol. The molecule has 1 saturated carbocycles. The molecule has 1 aliphatic heterocycles. The number of benzene rings is 1. The van der Waals surface area contributed by atoms with Gasteiger partial charge in [-0.2, -0.15) is 13.2 Å². The summed E-state index contributed by atoms with van der Waals surface area (Å²) in [6.07, 6.45) is -0.0586. The normalized spacial score (nSPS) is 20.7. The fourth-order valence-corrected chi connectivity index (χ4v) is 4.45. The zero-order chi connectivity index (χ0) is 18.9. The molecule has 1 saturated heterocycles. The van der Waals surface area contributed by atoms with Crippen LogP contribution in [0.1, 0.15) is 48.5 Å². The maximum absolute atomic E-state index is 13.1. The van der Waals surface area contributed by atoms with Crippen molar-refractivity contribution in [2.75, 3.05) is 13.1 Å². The van der Waals surface area contributed by atoms with Crippen molar-refractivity contribution >= 4 is 11.3 Å². The van der Waals surface area contributed by atoms with Crippen LogP contribution in [0.25, 0.3) is 0 Å². The average molecular weight is 395 g/mol. The molecule has 0 unspecified atom stereocenters. The van der Waals surface area contributed by atoms with Gasteiger partial charge in [-0.15, -0.1) is 11.3 Å². The summed E-state index contributed by atoms with van der Waals surface area (Å²) in [6, 6.07) is 6.24. The Balaban J connectivity index is 1.37. The highest BCUT2D eigenvalue weighted by Gasteiger charge is 2.36. The summed E-state index contributed by atoms with van der Waals surface area (Å²) in [7, 11) is 0. The van der Waals surface area contributed by atoms with E-state index in [-0.39, 0.29) is 6.04 Å². The van der Waals surface area contributed by atoms with Gasteiger partial charge in [0.25, 0.3) is 0 Å². The lowest BCUT2D eigenvalue weighted by Gasteiger charge is -2.34. The molecule has 4 rings (SSSR count). The lowest BCUT2D eigenvalue weighted by atomic mass is 9.96. The number of hydrogen-bond donors (Lipinski definition) is 1. The largest absolute Gasteiger partial charge is 0.416 e. The molecular formula is C20H24F3N3S. The molecule has 0 spiro atoms. The standard InChI is InChI=1S/C20H24F3N3S/c21-20(22,23)16-3-1-2-15(10-16)19(14-4-5-14)25-17-6-8-26(9-7-17)11-18-12-27-13-24-18/h1-3,10,12-14,17,19,25H,4-9,11H2/t19-/m1/s1. The van der Waals surface area contributed by atoms with Gasteiger partial charge in [-0.05, 0) is 49.3 Å². The first-order valence-corrected chi connectivity index (χ1v) is 10.5. The van der Waals surface area contributed by atoms with Gasteiger partial charge in [0.05, 0.1) is 16.8 Å². The predicted octanol–water partition coefficient (Wildman–Crippen LogP) is 4.87. The third-order valence-corrected chi connectivity index (χ3v) is 6.17. The number of alkyl halides is 3. The first-order valence-electron chi connectivity index (χ1n) is 9.51. The topological polar surface area (TPSA) is 28.2 Å². The second-order valence-corrected chi connectivity index (χ2v) is 8.35. The van der Waals surface area contributed by atoms with Crippen LogP contribution in [-0.4, -0.2) is 29.0 Å². The van der Waals surface area contributed by atoms with Crippen LogP contribution in [0.15, 0.2) is 35.2 Å². The van der Waals surface area contributed by atoms with Crippen molar-refractivity contribution in [3.63, 3.8) is 0 Å². The van der Waals surface area contributed by atoms with Gasteiger partial charge >= 0.3 is 6.18 Å². The molecule has 2 heterocycles. The van der Waals surface area contributed by atoms with Gasteiger partial charge in [0.1, 0.15) is 0 Å². The minimum Gasteiger partial charge on any atom is -0.307 e. The van der Waals surface area contributed by atoms with Crippen LogP contribution < -0.4 is 5.32 Å². The zero-order valence-corrected chi connectivity index (χ0v) is 15.9. The summed E-state index contributed by atoms with van der Waals surface area (Å²) in [6.45, 7) is 2.88. The fraction of sp³-hybridized carbons (Fsp3) is 0.550. The molecule has 0 amide bonds. The molecule has 0 radical (unpaired) electrons. The smallest absolute Gasteiger partial charge is 0.307 e. The van der Waals surface area contributed by atoms with Crippen molar-refractivity contribution < 1.29 is 13.2 Å². The molecule has 146 valence electrons. The molecule has 2 aromatic rings. The first kappa shape index (κ1) is 18.9. The maximum atomic E-state index is 13.1. The molecule has 3 nitrogen and oxygen atoms in total. The number of likely N-dealkylation sites (tertiary alicyclic amines) is 1. The van der Waals surface area contributed by atoms with E-state index in [1.807, 2.05) is 11.6 Å². The van der Waals surface area contributed by atoms with Crippen LogP contribution in [0.5, 0.6) is 0 Å². The SMILES string of the molecule is FC(F)(F)c1cccc([C@H](NC2CCN(Cc3cscn3)CC2)C2CC2)c1. The summed E-state index contributed by atoms with van der Waals surface area (Å²) in [4.78, 5) is 6.75. The zero-order valence-electron chi connectivity index (χ0n) is 15.1. The van der Waals surface area contributed by atoms with E-state index in [1.165, 1.54) is 12.1 Å². The highest BCUT2D eigenvalue weighted by atomic mass is 32.1. The second-order valence-electron chi connectivity index (χ2n) is 7.64. The van der Waals surface area contributed by atoms with Gasteiger partial charge in [-0.25, -0.2) is 4.98 Å². The molecule has 1 N–H and O–H groups in total. The van der Waals surface area contributed by atoms with Gasteiger partial charge < -0.3 is 5.32 Å². The van der Waals surface area contributed by atoms with Crippen LogP contribution in [0, 0.1) is 5.92 Å². The Labute approximate surface area is 161 Å². The van der Waals surface area contributed by atoms with E-state index in [9.17, 15) is 13.2 Å². The molecule has 1 atom stereocenters. The van der Waals surface area contributed by atoms with Gasteiger partial charge in [-0.3, -0.25) is 4.90 Å². The van der Waals surface area contributed by atoms with Crippen LogP contribution in [0.3, 0.4) is 0 Å². The molecule has 1 aliphatic carbocycles. The molecule has 1 aromatic carbocycles. The van der Waals surface area contributed by atoms with E-state index in [1.54, 1.807) is 11.3 Å². The summed E-state index contributed by atoms with van der Waals surface area (Å²) in [5, 5.41) is 5.77. The van der Waals surface area contributed by atoms with E-state index in [0.29, 0.717) is 12.0 Å². The average Bonchev–Trinajstić information content (AvgIpc) is 3.37. The first-order chi connectivity index (χ1) is 13.0. The van der Waals surface area contributed by atoms with E-state index < -0.39 is 11.7 Å². The number of thiazole rings is 1. The minimum atomic E-state index is -4.29. The Kier molecular flexibility index (Phi) is 5.53. The monoisotopic (exact) mass is 395 g/mol. The Bertz CT molecular complexity index is 735.